The van der Waals surface area contributed by atoms with E-state index in [9.17, 15) is 0 Å². The Labute approximate surface area is 76.6 Å². The number of rotatable bonds is 7. The van der Waals surface area contributed by atoms with Crippen LogP contribution >= 0.6 is 0 Å². The standard InChI is InChI=1S/C11H21N/c1-5-7-8-11(9-12-4)10(3)6-2/h5,10-11H,1,4,6-9H2,2-3H3. The first-order valence-electron chi connectivity index (χ1n) is 4.79. The minimum absolute atomic E-state index is 0.700. The third kappa shape index (κ3) is 4.32. The molecule has 12 heavy (non-hydrogen) atoms. The lowest BCUT2D eigenvalue weighted by Crippen LogP contribution is -2.14. The van der Waals surface area contributed by atoms with Crippen molar-refractivity contribution in [1.29, 1.82) is 0 Å². The molecular formula is C11H21N. The van der Waals surface area contributed by atoms with Gasteiger partial charge in [-0.3, -0.25) is 0 Å². The van der Waals surface area contributed by atoms with Gasteiger partial charge in [0.1, 0.15) is 0 Å². The third-order valence-electron chi connectivity index (χ3n) is 2.55. The Balaban J connectivity index is 3.83. The van der Waals surface area contributed by atoms with E-state index >= 15 is 0 Å². The van der Waals surface area contributed by atoms with Gasteiger partial charge in [0.15, 0.2) is 0 Å². The van der Waals surface area contributed by atoms with E-state index in [1.54, 1.807) is 0 Å². The lowest BCUT2D eigenvalue weighted by Gasteiger charge is -2.20. The molecular weight excluding hydrogens is 146 g/mol. The van der Waals surface area contributed by atoms with E-state index in [1.807, 2.05) is 6.08 Å². The molecule has 0 aromatic heterocycles. The Morgan fingerprint density at radius 1 is 1.50 bits per heavy atom. The number of aliphatic imine (C=N–C) groups is 1. The number of nitrogens with zero attached hydrogens (tertiary/aromatic N) is 1. The topological polar surface area (TPSA) is 12.4 Å². The normalized spacial score (nSPS) is 15.2. The van der Waals surface area contributed by atoms with Crippen LogP contribution < -0.4 is 0 Å². The molecule has 0 aliphatic heterocycles. The second-order valence-electron chi connectivity index (χ2n) is 3.42. The van der Waals surface area contributed by atoms with Crippen molar-refractivity contribution in [1.82, 2.24) is 0 Å². The van der Waals surface area contributed by atoms with Crippen LogP contribution in [0.25, 0.3) is 0 Å². The van der Waals surface area contributed by atoms with E-state index in [4.69, 9.17) is 0 Å². The molecule has 0 heterocycles. The van der Waals surface area contributed by atoms with E-state index in [-0.39, 0.29) is 0 Å². The summed E-state index contributed by atoms with van der Waals surface area (Å²) in [7, 11) is 0. The third-order valence-corrected chi connectivity index (χ3v) is 2.55. The van der Waals surface area contributed by atoms with Gasteiger partial charge in [0.05, 0.1) is 0 Å². The summed E-state index contributed by atoms with van der Waals surface area (Å²) < 4.78 is 0. The van der Waals surface area contributed by atoms with E-state index in [1.165, 1.54) is 12.8 Å². The number of hydrogen-bond acceptors (Lipinski definition) is 1. The fourth-order valence-electron chi connectivity index (χ4n) is 1.39. The maximum Gasteiger partial charge on any atom is 0.0413 e. The quantitative estimate of drug-likeness (QED) is 0.407. The Morgan fingerprint density at radius 3 is 2.58 bits per heavy atom. The second-order valence-corrected chi connectivity index (χ2v) is 3.42. The van der Waals surface area contributed by atoms with Gasteiger partial charge in [-0.05, 0) is 31.4 Å². The Hall–Kier alpha value is -0.590. The monoisotopic (exact) mass is 167 g/mol. The molecule has 70 valence electrons. The molecule has 0 aromatic carbocycles. The summed E-state index contributed by atoms with van der Waals surface area (Å²) >= 11 is 0. The van der Waals surface area contributed by atoms with Gasteiger partial charge in [0.2, 0.25) is 0 Å². The van der Waals surface area contributed by atoms with Crippen molar-refractivity contribution in [3.8, 4) is 0 Å². The van der Waals surface area contributed by atoms with Crippen LogP contribution in [0.2, 0.25) is 0 Å². The first-order valence-corrected chi connectivity index (χ1v) is 4.79. The summed E-state index contributed by atoms with van der Waals surface area (Å²) in [6, 6.07) is 0. The van der Waals surface area contributed by atoms with Crippen LogP contribution in [0.4, 0.5) is 0 Å². The zero-order valence-corrected chi connectivity index (χ0v) is 8.42. The molecule has 1 heteroatoms. The van der Waals surface area contributed by atoms with Crippen molar-refractivity contribution in [3.63, 3.8) is 0 Å². The average Bonchev–Trinajstić information content (AvgIpc) is 2.11. The predicted octanol–water partition coefficient (Wildman–Crippen LogP) is 3.32. The summed E-state index contributed by atoms with van der Waals surface area (Å²) in [5, 5.41) is 0. The Bertz CT molecular complexity index is 129. The van der Waals surface area contributed by atoms with Crippen LogP contribution in [-0.4, -0.2) is 13.3 Å². The van der Waals surface area contributed by atoms with Crippen LogP contribution in [0.3, 0.4) is 0 Å². The molecule has 0 rings (SSSR count). The van der Waals surface area contributed by atoms with E-state index in [0.29, 0.717) is 5.92 Å². The van der Waals surface area contributed by atoms with Crippen molar-refractivity contribution in [2.24, 2.45) is 16.8 Å². The molecule has 0 bridgehead atoms. The number of allylic oxidation sites excluding steroid dienone is 1. The van der Waals surface area contributed by atoms with Gasteiger partial charge in [-0.2, -0.15) is 0 Å². The summed E-state index contributed by atoms with van der Waals surface area (Å²) in [6.07, 6.45) is 5.53. The van der Waals surface area contributed by atoms with Gasteiger partial charge in [0, 0.05) is 6.54 Å². The summed E-state index contributed by atoms with van der Waals surface area (Å²) in [5.41, 5.74) is 0. The van der Waals surface area contributed by atoms with E-state index < -0.39 is 0 Å². The van der Waals surface area contributed by atoms with Crippen molar-refractivity contribution >= 4 is 6.72 Å². The largest absolute Gasteiger partial charge is 0.301 e. The van der Waals surface area contributed by atoms with Crippen LogP contribution in [0, 0.1) is 11.8 Å². The summed E-state index contributed by atoms with van der Waals surface area (Å²) in [5.74, 6) is 1.46. The molecule has 1 nitrogen and oxygen atoms in total. The highest BCUT2D eigenvalue weighted by molar-refractivity contribution is 5.23. The summed E-state index contributed by atoms with van der Waals surface area (Å²) in [6.45, 7) is 12.7. The molecule has 0 aromatic rings. The van der Waals surface area contributed by atoms with Crippen LogP contribution in [0.5, 0.6) is 0 Å². The van der Waals surface area contributed by atoms with Gasteiger partial charge < -0.3 is 4.99 Å². The smallest absolute Gasteiger partial charge is 0.0413 e. The maximum atomic E-state index is 3.97. The Morgan fingerprint density at radius 2 is 2.17 bits per heavy atom. The molecule has 0 saturated carbocycles. The van der Waals surface area contributed by atoms with Crippen molar-refractivity contribution < 1.29 is 0 Å². The number of hydrogen-bond donors (Lipinski definition) is 0. The lowest BCUT2D eigenvalue weighted by molar-refractivity contribution is 0.339. The molecule has 0 spiro atoms. The fraction of sp³-hybridized carbons (Fsp3) is 0.727. The second kappa shape index (κ2) is 7.08. The van der Waals surface area contributed by atoms with E-state index in [0.717, 1.165) is 18.9 Å². The van der Waals surface area contributed by atoms with Crippen molar-refractivity contribution in [2.75, 3.05) is 6.54 Å². The molecule has 0 radical (unpaired) electrons. The van der Waals surface area contributed by atoms with Gasteiger partial charge in [0.25, 0.3) is 0 Å². The maximum absolute atomic E-state index is 3.97. The molecule has 0 N–H and O–H groups in total. The van der Waals surface area contributed by atoms with Crippen molar-refractivity contribution in [3.05, 3.63) is 12.7 Å². The SMILES string of the molecule is C=CCCC(CN=C)C(C)CC. The average molecular weight is 167 g/mol. The van der Waals surface area contributed by atoms with Crippen molar-refractivity contribution in [2.45, 2.75) is 33.1 Å². The molecule has 0 aliphatic carbocycles. The van der Waals surface area contributed by atoms with Crippen LogP contribution in [0.15, 0.2) is 17.6 Å². The van der Waals surface area contributed by atoms with Gasteiger partial charge >= 0.3 is 0 Å². The molecule has 2 unspecified atom stereocenters. The van der Waals surface area contributed by atoms with Gasteiger partial charge in [-0.1, -0.05) is 26.3 Å². The zero-order valence-electron chi connectivity index (χ0n) is 8.42. The Kier molecular flexibility index (Phi) is 6.73. The predicted molar refractivity (Wildman–Crippen MR) is 56.8 cm³/mol. The first-order chi connectivity index (χ1) is 5.76. The highest BCUT2D eigenvalue weighted by Gasteiger charge is 2.13. The highest BCUT2D eigenvalue weighted by atomic mass is 14.7. The lowest BCUT2D eigenvalue weighted by atomic mass is 9.88. The molecule has 0 fully saturated rings. The van der Waals surface area contributed by atoms with Crippen LogP contribution in [-0.2, 0) is 0 Å². The molecule has 0 saturated heterocycles. The van der Waals surface area contributed by atoms with Gasteiger partial charge in [-0.25, -0.2) is 0 Å². The van der Waals surface area contributed by atoms with E-state index in [2.05, 4.69) is 32.1 Å². The van der Waals surface area contributed by atoms with Gasteiger partial charge in [-0.15, -0.1) is 6.58 Å². The fourth-order valence-corrected chi connectivity index (χ4v) is 1.39. The summed E-state index contributed by atoms with van der Waals surface area (Å²) in [4.78, 5) is 3.97. The zero-order chi connectivity index (χ0) is 9.40. The van der Waals surface area contributed by atoms with Crippen LogP contribution in [0.1, 0.15) is 33.1 Å². The molecule has 0 amide bonds. The highest BCUT2D eigenvalue weighted by Crippen LogP contribution is 2.20. The first kappa shape index (κ1) is 11.4. The molecule has 2 atom stereocenters. The minimum Gasteiger partial charge on any atom is -0.301 e. The molecule has 0 aliphatic rings. The minimum atomic E-state index is 0.700.